The van der Waals surface area contributed by atoms with Gasteiger partial charge in [0.05, 0.1) is 6.61 Å². The van der Waals surface area contributed by atoms with Gasteiger partial charge in [0, 0.05) is 20.0 Å². The van der Waals surface area contributed by atoms with Crippen LogP contribution < -0.4 is 5.32 Å². The second kappa shape index (κ2) is 7.81. The summed E-state index contributed by atoms with van der Waals surface area (Å²) in [4.78, 5) is 15.8. The number of aromatic nitrogens is 3. The molecule has 0 aliphatic heterocycles. The van der Waals surface area contributed by atoms with E-state index in [1.165, 1.54) is 0 Å². The molecular weight excluding hydrogens is 232 g/mol. The van der Waals surface area contributed by atoms with Gasteiger partial charge in [-0.1, -0.05) is 13.3 Å². The molecule has 1 N–H and O–H groups in total. The quantitative estimate of drug-likeness (QED) is 0.691. The number of nitrogens with zero attached hydrogens (tertiary/aromatic N) is 3. The third kappa shape index (κ3) is 4.83. The summed E-state index contributed by atoms with van der Waals surface area (Å²) in [6.45, 7) is 4.96. The van der Waals surface area contributed by atoms with E-state index in [0.717, 1.165) is 18.7 Å². The molecule has 1 aromatic heterocycles. The fourth-order valence-electron chi connectivity index (χ4n) is 1.69. The van der Waals surface area contributed by atoms with Crippen LogP contribution in [0.1, 0.15) is 32.5 Å². The van der Waals surface area contributed by atoms with Gasteiger partial charge >= 0.3 is 5.97 Å². The Morgan fingerprint density at radius 2 is 2.33 bits per heavy atom. The molecule has 0 saturated carbocycles. The standard InChI is InChI=1S/C12H22N4O2/c1-4-6-10(12(17)18-5-2)13-8-7-11-14-9-16(3)15-11/h9-10,13H,4-8H2,1-3H3. The van der Waals surface area contributed by atoms with Gasteiger partial charge in [-0.05, 0) is 13.3 Å². The predicted molar refractivity (Wildman–Crippen MR) is 68.0 cm³/mol. The topological polar surface area (TPSA) is 69.0 Å². The first-order chi connectivity index (χ1) is 8.67. The maximum Gasteiger partial charge on any atom is 0.323 e. The third-order valence-corrected chi connectivity index (χ3v) is 2.53. The van der Waals surface area contributed by atoms with Crippen LogP contribution in [-0.4, -0.2) is 39.9 Å². The second-order valence-corrected chi connectivity index (χ2v) is 4.13. The summed E-state index contributed by atoms with van der Waals surface area (Å²) in [7, 11) is 1.84. The van der Waals surface area contributed by atoms with Crippen molar-refractivity contribution in [1.82, 2.24) is 20.1 Å². The van der Waals surface area contributed by atoms with Gasteiger partial charge in [0.1, 0.15) is 12.4 Å². The SMILES string of the molecule is CCCC(NCCc1ncn(C)n1)C(=O)OCC. The highest BCUT2D eigenvalue weighted by atomic mass is 16.5. The smallest absolute Gasteiger partial charge is 0.323 e. The van der Waals surface area contributed by atoms with Crippen LogP contribution in [0.5, 0.6) is 0 Å². The molecule has 0 bridgehead atoms. The van der Waals surface area contributed by atoms with Crippen LogP contribution >= 0.6 is 0 Å². The van der Waals surface area contributed by atoms with E-state index in [-0.39, 0.29) is 12.0 Å². The van der Waals surface area contributed by atoms with Crippen molar-refractivity contribution in [2.45, 2.75) is 39.2 Å². The highest BCUT2D eigenvalue weighted by molar-refractivity contribution is 5.75. The second-order valence-electron chi connectivity index (χ2n) is 4.13. The summed E-state index contributed by atoms with van der Waals surface area (Å²) >= 11 is 0. The minimum atomic E-state index is -0.223. The summed E-state index contributed by atoms with van der Waals surface area (Å²) in [6, 6.07) is -0.223. The van der Waals surface area contributed by atoms with E-state index in [0.29, 0.717) is 19.6 Å². The number of esters is 1. The predicted octanol–water partition coefficient (Wildman–Crippen LogP) is 0.679. The van der Waals surface area contributed by atoms with Gasteiger partial charge in [-0.25, -0.2) is 4.98 Å². The average Bonchev–Trinajstić information content (AvgIpc) is 2.74. The lowest BCUT2D eigenvalue weighted by molar-refractivity contribution is -0.145. The van der Waals surface area contributed by atoms with E-state index in [1.54, 1.807) is 11.0 Å². The summed E-state index contributed by atoms with van der Waals surface area (Å²) in [5.41, 5.74) is 0. The molecule has 6 heteroatoms. The van der Waals surface area contributed by atoms with Crippen molar-refractivity contribution in [3.8, 4) is 0 Å². The van der Waals surface area contributed by atoms with E-state index < -0.39 is 0 Å². The summed E-state index contributed by atoms with van der Waals surface area (Å²) < 4.78 is 6.70. The highest BCUT2D eigenvalue weighted by Gasteiger charge is 2.17. The molecule has 1 unspecified atom stereocenters. The number of aryl methyl sites for hydroxylation is 1. The Labute approximate surface area is 108 Å². The molecule has 0 fully saturated rings. The van der Waals surface area contributed by atoms with E-state index >= 15 is 0 Å². The zero-order valence-corrected chi connectivity index (χ0v) is 11.3. The zero-order valence-electron chi connectivity index (χ0n) is 11.3. The Morgan fingerprint density at radius 1 is 1.56 bits per heavy atom. The molecule has 0 radical (unpaired) electrons. The number of nitrogens with one attached hydrogen (secondary N) is 1. The Morgan fingerprint density at radius 3 is 2.89 bits per heavy atom. The largest absolute Gasteiger partial charge is 0.465 e. The molecule has 6 nitrogen and oxygen atoms in total. The number of ether oxygens (including phenoxy) is 1. The minimum Gasteiger partial charge on any atom is -0.465 e. The van der Waals surface area contributed by atoms with E-state index in [4.69, 9.17) is 4.74 Å². The number of hydrogen-bond donors (Lipinski definition) is 1. The van der Waals surface area contributed by atoms with Gasteiger partial charge < -0.3 is 10.1 Å². The van der Waals surface area contributed by atoms with Crippen molar-refractivity contribution >= 4 is 5.97 Å². The molecule has 0 aromatic carbocycles. The van der Waals surface area contributed by atoms with Gasteiger partial charge in [-0.2, -0.15) is 5.10 Å². The van der Waals surface area contributed by atoms with E-state index in [1.807, 2.05) is 20.9 Å². The van der Waals surface area contributed by atoms with E-state index in [9.17, 15) is 4.79 Å². The van der Waals surface area contributed by atoms with Gasteiger partial charge in [-0.3, -0.25) is 9.48 Å². The molecule has 18 heavy (non-hydrogen) atoms. The van der Waals surface area contributed by atoms with Crippen LogP contribution in [0.3, 0.4) is 0 Å². The fourth-order valence-corrected chi connectivity index (χ4v) is 1.69. The Hall–Kier alpha value is -1.43. The molecule has 1 atom stereocenters. The molecule has 0 saturated heterocycles. The van der Waals surface area contributed by atoms with Crippen LogP contribution in [0, 0.1) is 0 Å². The average molecular weight is 254 g/mol. The lowest BCUT2D eigenvalue weighted by atomic mass is 10.1. The molecule has 102 valence electrons. The van der Waals surface area contributed by atoms with Gasteiger partial charge in [-0.15, -0.1) is 0 Å². The van der Waals surface area contributed by atoms with Gasteiger partial charge in [0.15, 0.2) is 5.82 Å². The van der Waals surface area contributed by atoms with Crippen LogP contribution in [0.25, 0.3) is 0 Å². The fraction of sp³-hybridized carbons (Fsp3) is 0.750. The van der Waals surface area contributed by atoms with E-state index in [2.05, 4.69) is 15.4 Å². The number of carbonyl (C=O) groups excluding carboxylic acids is 1. The Kier molecular flexibility index (Phi) is 6.35. The van der Waals surface area contributed by atoms with Crippen molar-refractivity contribution in [2.75, 3.05) is 13.2 Å². The van der Waals surface area contributed by atoms with Crippen molar-refractivity contribution < 1.29 is 9.53 Å². The first-order valence-electron chi connectivity index (χ1n) is 6.41. The molecule has 1 aromatic rings. The van der Waals surface area contributed by atoms with Crippen molar-refractivity contribution in [3.63, 3.8) is 0 Å². The first-order valence-corrected chi connectivity index (χ1v) is 6.41. The van der Waals surface area contributed by atoms with Crippen molar-refractivity contribution in [3.05, 3.63) is 12.2 Å². The minimum absolute atomic E-state index is 0.173. The van der Waals surface area contributed by atoms with Gasteiger partial charge in [0.2, 0.25) is 0 Å². The maximum absolute atomic E-state index is 11.7. The number of carbonyl (C=O) groups is 1. The van der Waals surface area contributed by atoms with Crippen LogP contribution in [0.15, 0.2) is 6.33 Å². The van der Waals surface area contributed by atoms with Crippen molar-refractivity contribution in [2.24, 2.45) is 7.05 Å². The zero-order chi connectivity index (χ0) is 13.4. The number of hydrogen-bond acceptors (Lipinski definition) is 5. The Balaban J connectivity index is 2.35. The van der Waals surface area contributed by atoms with Crippen molar-refractivity contribution in [1.29, 1.82) is 0 Å². The summed E-state index contributed by atoms with van der Waals surface area (Å²) in [5.74, 6) is 0.609. The maximum atomic E-state index is 11.7. The third-order valence-electron chi connectivity index (χ3n) is 2.53. The normalized spacial score (nSPS) is 12.4. The molecule has 0 aliphatic carbocycles. The summed E-state index contributed by atoms with van der Waals surface area (Å²) in [5, 5.41) is 7.38. The lowest BCUT2D eigenvalue weighted by Gasteiger charge is -2.15. The lowest BCUT2D eigenvalue weighted by Crippen LogP contribution is -2.39. The molecular formula is C12H22N4O2. The van der Waals surface area contributed by atoms with Crippen LogP contribution in [0.2, 0.25) is 0 Å². The molecule has 0 aliphatic rings. The van der Waals surface area contributed by atoms with Gasteiger partial charge in [0.25, 0.3) is 0 Å². The number of rotatable bonds is 8. The molecule has 1 heterocycles. The molecule has 1 rings (SSSR count). The Bertz CT molecular complexity index is 365. The monoisotopic (exact) mass is 254 g/mol. The first kappa shape index (κ1) is 14.6. The molecule has 0 amide bonds. The van der Waals surface area contributed by atoms with Crippen LogP contribution in [0.4, 0.5) is 0 Å². The van der Waals surface area contributed by atoms with Crippen LogP contribution in [-0.2, 0) is 23.0 Å². The summed E-state index contributed by atoms with van der Waals surface area (Å²) in [6.07, 6.45) is 4.11. The highest BCUT2D eigenvalue weighted by Crippen LogP contribution is 2.00. The molecule has 0 spiro atoms.